The van der Waals surface area contributed by atoms with E-state index in [1.54, 1.807) is 7.05 Å². The Kier molecular flexibility index (Phi) is 4.45. The molecule has 1 heterocycles. The van der Waals surface area contributed by atoms with E-state index in [0.717, 1.165) is 18.7 Å². The van der Waals surface area contributed by atoms with Crippen molar-refractivity contribution in [1.29, 1.82) is 0 Å². The fourth-order valence-corrected chi connectivity index (χ4v) is 3.09. The SMILES string of the molecule is CNC(CN1CC(C)C(C)C1)(C(N)=O)c1ccccc1. The van der Waals surface area contributed by atoms with Crippen LogP contribution in [0.4, 0.5) is 0 Å². The van der Waals surface area contributed by atoms with Crippen LogP contribution in [0.3, 0.4) is 0 Å². The molecular formula is C16H25N3O. The molecule has 2 rings (SSSR count). The van der Waals surface area contributed by atoms with E-state index in [1.807, 2.05) is 30.3 Å². The first-order chi connectivity index (χ1) is 9.49. The van der Waals surface area contributed by atoms with Gasteiger partial charge >= 0.3 is 0 Å². The van der Waals surface area contributed by atoms with E-state index in [4.69, 9.17) is 5.73 Å². The Morgan fingerprint density at radius 3 is 2.30 bits per heavy atom. The van der Waals surface area contributed by atoms with Crippen molar-refractivity contribution in [2.75, 3.05) is 26.7 Å². The average molecular weight is 275 g/mol. The van der Waals surface area contributed by atoms with Gasteiger partial charge in [-0.3, -0.25) is 4.79 Å². The van der Waals surface area contributed by atoms with Crippen LogP contribution in [0.15, 0.2) is 30.3 Å². The molecule has 0 saturated carbocycles. The molecule has 3 N–H and O–H groups in total. The molecule has 1 aromatic carbocycles. The second kappa shape index (κ2) is 5.94. The summed E-state index contributed by atoms with van der Waals surface area (Å²) in [5.41, 5.74) is 5.85. The lowest BCUT2D eigenvalue weighted by Gasteiger charge is -2.34. The molecule has 0 bridgehead atoms. The predicted molar refractivity (Wildman–Crippen MR) is 81.1 cm³/mol. The van der Waals surface area contributed by atoms with Crippen molar-refractivity contribution in [1.82, 2.24) is 10.2 Å². The third-order valence-electron chi connectivity index (χ3n) is 4.64. The summed E-state index contributed by atoms with van der Waals surface area (Å²) in [6, 6.07) is 9.76. The van der Waals surface area contributed by atoms with Gasteiger partial charge in [0.15, 0.2) is 0 Å². The van der Waals surface area contributed by atoms with Crippen molar-refractivity contribution < 1.29 is 4.79 Å². The number of hydrogen-bond donors (Lipinski definition) is 2. The molecule has 4 nitrogen and oxygen atoms in total. The summed E-state index contributed by atoms with van der Waals surface area (Å²) in [7, 11) is 1.81. The minimum atomic E-state index is -0.814. The van der Waals surface area contributed by atoms with E-state index < -0.39 is 5.54 Å². The highest BCUT2D eigenvalue weighted by Gasteiger charge is 2.40. The maximum absolute atomic E-state index is 12.1. The topological polar surface area (TPSA) is 58.4 Å². The number of likely N-dealkylation sites (N-methyl/N-ethyl adjacent to an activating group) is 1. The minimum Gasteiger partial charge on any atom is -0.368 e. The monoisotopic (exact) mass is 275 g/mol. The number of benzene rings is 1. The van der Waals surface area contributed by atoms with Crippen LogP contribution >= 0.6 is 0 Å². The van der Waals surface area contributed by atoms with Crippen molar-refractivity contribution in [3.63, 3.8) is 0 Å². The van der Waals surface area contributed by atoms with Crippen LogP contribution in [-0.2, 0) is 10.3 Å². The van der Waals surface area contributed by atoms with E-state index in [9.17, 15) is 4.79 Å². The molecule has 1 aromatic rings. The molecule has 20 heavy (non-hydrogen) atoms. The standard InChI is InChI=1S/C16H25N3O/c1-12-9-19(10-13(12)2)11-16(18-3,15(17)20)14-7-5-4-6-8-14/h4-8,12-13,18H,9-11H2,1-3H3,(H2,17,20). The smallest absolute Gasteiger partial charge is 0.243 e. The third kappa shape index (κ3) is 2.72. The molecule has 1 fully saturated rings. The molecule has 1 aliphatic heterocycles. The highest BCUT2D eigenvalue weighted by atomic mass is 16.1. The predicted octanol–water partition coefficient (Wildman–Crippen LogP) is 1.17. The number of nitrogens with two attached hydrogens (primary N) is 1. The van der Waals surface area contributed by atoms with Crippen LogP contribution in [0.25, 0.3) is 0 Å². The Bertz CT molecular complexity index is 452. The van der Waals surface area contributed by atoms with E-state index >= 15 is 0 Å². The van der Waals surface area contributed by atoms with Crippen molar-refractivity contribution in [2.45, 2.75) is 19.4 Å². The van der Waals surface area contributed by atoms with Gasteiger partial charge in [0, 0.05) is 19.6 Å². The number of nitrogens with one attached hydrogen (secondary N) is 1. The molecule has 1 aliphatic rings. The Morgan fingerprint density at radius 1 is 1.30 bits per heavy atom. The number of hydrogen-bond acceptors (Lipinski definition) is 3. The summed E-state index contributed by atoms with van der Waals surface area (Å²) in [4.78, 5) is 14.5. The van der Waals surface area contributed by atoms with Gasteiger partial charge in [0.2, 0.25) is 5.91 Å². The summed E-state index contributed by atoms with van der Waals surface area (Å²) in [6.45, 7) is 7.18. The summed E-state index contributed by atoms with van der Waals surface area (Å²) in [5.74, 6) is 1.000. The van der Waals surface area contributed by atoms with Crippen molar-refractivity contribution in [2.24, 2.45) is 17.6 Å². The number of nitrogens with zero attached hydrogens (tertiary/aromatic N) is 1. The van der Waals surface area contributed by atoms with Crippen LogP contribution in [0.1, 0.15) is 19.4 Å². The average Bonchev–Trinajstić information content (AvgIpc) is 2.75. The molecule has 3 atom stereocenters. The van der Waals surface area contributed by atoms with Gasteiger partial charge in [0.05, 0.1) is 0 Å². The molecule has 0 spiro atoms. The summed E-state index contributed by atoms with van der Waals surface area (Å²) < 4.78 is 0. The van der Waals surface area contributed by atoms with Crippen LogP contribution in [0, 0.1) is 11.8 Å². The lowest BCUT2D eigenvalue weighted by Crippen LogP contribution is -2.57. The zero-order valence-electron chi connectivity index (χ0n) is 12.6. The van der Waals surface area contributed by atoms with E-state index in [2.05, 4.69) is 24.1 Å². The fourth-order valence-electron chi connectivity index (χ4n) is 3.09. The van der Waals surface area contributed by atoms with Crippen molar-refractivity contribution >= 4 is 5.91 Å². The zero-order chi connectivity index (χ0) is 14.8. The first-order valence-electron chi connectivity index (χ1n) is 7.26. The second-order valence-corrected chi connectivity index (χ2v) is 6.03. The number of amides is 1. The summed E-state index contributed by atoms with van der Waals surface area (Å²) >= 11 is 0. The first-order valence-corrected chi connectivity index (χ1v) is 7.26. The molecule has 0 radical (unpaired) electrons. The van der Waals surface area contributed by atoms with Crippen LogP contribution < -0.4 is 11.1 Å². The lowest BCUT2D eigenvalue weighted by atomic mass is 9.88. The van der Waals surface area contributed by atoms with Gasteiger partial charge < -0.3 is 16.0 Å². The number of primary amides is 1. The molecule has 1 saturated heterocycles. The number of likely N-dealkylation sites (tertiary alicyclic amines) is 1. The molecule has 0 aromatic heterocycles. The Labute approximate surface area is 121 Å². The number of carbonyl (C=O) groups excluding carboxylic acids is 1. The summed E-state index contributed by atoms with van der Waals surface area (Å²) in [6.07, 6.45) is 0. The Morgan fingerprint density at radius 2 is 1.85 bits per heavy atom. The van der Waals surface area contributed by atoms with Crippen molar-refractivity contribution in [3.05, 3.63) is 35.9 Å². The van der Waals surface area contributed by atoms with Gasteiger partial charge in [-0.1, -0.05) is 44.2 Å². The highest BCUT2D eigenvalue weighted by molar-refractivity contribution is 5.86. The third-order valence-corrected chi connectivity index (χ3v) is 4.64. The Hall–Kier alpha value is -1.39. The van der Waals surface area contributed by atoms with E-state index in [0.29, 0.717) is 18.4 Å². The molecular weight excluding hydrogens is 250 g/mol. The fraction of sp³-hybridized carbons (Fsp3) is 0.562. The van der Waals surface area contributed by atoms with Gasteiger partial charge in [-0.2, -0.15) is 0 Å². The van der Waals surface area contributed by atoms with Gasteiger partial charge in [-0.05, 0) is 24.4 Å². The van der Waals surface area contributed by atoms with Crippen LogP contribution in [0.5, 0.6) is 0 Å². The molecule has 1 amide bonds. The lowest BCUT2D eigenvalue weighted by molar-refractivity contribution is -0.125. The van der Waals surface area contributed by atoms with Crippen molar-refractivity contribution in [3.8, 4) is 0 Å². The van der Waals surface area contributed by atoms with Crippen LogP contribution in [-0.4, -0.2) is 37.5 Å². The normalized spacial score (nSPS) is 26.4. The molecule has 3 unspecified atom stereocenters. The number of rotatable bonds is 5. The molecule has 0 aliphatic carbocycles. The maximum Gasteiger partial charge on any atom is 0.243 e. The van der Waals surface area contributed by atoms with E-state index in [-0.39, 0.29) is 5.91 Å². The minimum absolute atomic E-state index is 0.321. The van der Waals surface area contributed by atoms with Gasteiger partial charge in [0.25, 0.3) is 0 Å². The first kappa shape index (κ1) is 15.0. The number of carbonyl (C=O) groups is 1. The zero-order valence-corrected chi connectivity index (χ0v) is 12.6. The molecule has 110 valence electrons. The van der Waals surface area contributed by atoms with Gasteiger partial charge in [-0.25, -0.2) is 0 Å². The van der Waals surface area contributed by atoms with Crippen LogP contribution in [0.2, 0.25) is 0 Å². The quantitative estimate of drug-likeness (QED) is 0.848. The van der Waals surface area contributed by atoms with E-state index in [1.165, 1.54) is 0 Å². The van der Waals surface area contributed by atoms with Gasteiger partial charge in [-0.15, -0.1) is 0 Å². The Balaban J connectivity index is 2.27. The van der Waals surface area contributed by atoms with Gasteiger partial charge in [0.1, 0.15) is 5.54 Å². The highest BCUT2D eigenvalue weighted by Crippen LogP contribution is 2.28. The summed E-state index contributed by atoms with van der Waals surface area (Å²) in [5, 5.41) is 3.17. The second-order valence-electron chi connectivity index (χ2n) is 6.03. The largest absolute Gasteiger partial charge is 0.368 e. The molecule has 4 heteroatoms. The maximum atomic E-state index is 12.1.